The number of nitrogens with one attached hydrogen (secondary N) is 1. The number of aliphatic hydroxyl groups excluding tert-OH is 1. The summed E-state index contributed by atoms with van der Waals surface area (Å²) in [6.45, 7) is 3.88. The monoisotopic (exact) mass is 362 g/mol. The van der Waals surface area contributed by atoms with Gasteiger partial charge in [0.25, 0.3) is 0 Å². The first-order valence-electron chi connectivity index (χ1n) is 8.75. The van der Waals surface area contributed by atoms with Crippen LogP contribution < -0.4 is 5.32 Å². The Balaban J connectivity index is 1.62. The van der Waals surface area contributed by atoms with E-state index in [-0.39, 0.29) is 11.8 Å². The zero-order chi connectivity index (χ0) is 17.8. The Morgan fingerprint density at radius 1 is 1.44 bits per heavy atom. The molecule has 0 saturated carbocycles. The summed E-state index contributed by atoms with van der Waals surface area (Å²) in [4.78, 5) is 14.0. The van der Waals surface area contributed by atoms with Crippen molar-refractivity contribution in [3.8, 4) is 0 Å². The number of rotatable bonds is 3. The number of nitrogens with zero attached hydrogens (tertiary/aromatic N) is 3. The van der Waals surface area contributed by atoms with Crippen LogP contribution in [0.15, 0.2) is 18.3 Å². The summed E-state index contributed by atoms with van der Waals surface area (Å²) in [6, 6.07) is 3.74. The highest BCUT2D eigenvalue weighted by atomic mass is 35.5. The fourth-order valence-corrected chi connectivity index (χ4v) is 4.77. The summed E-state index contributed by atoms with van der Waals surface area (Å²) in [5.74, 6) is 0.380. The van der Waals surface area contributed by atoms with Crippen LogP contribution >= 0.6 is 11.6 Å². The molecule has 2 aromatic rings. The Kier molecular flexibility index (Phi) is 4.02. The quantitative estimate of drug-likeness (QED) is 0.875. The van der Waals surface area contributed by atoms with Gasteiger partial charge in [0.1, 0.15) is 6.10 Å². The molecule has 1 saturated heterocycles. The molecule has 134 valence electrons. The van der Waals surface area contributed by atoms with Crippen molar-refractivity contribution in [2.24, 2.45) is 5.92 Å². The molecule has 1 aromatic carbocycles. The number of carbonyl (C=O) groups is 1. The van der Waals surface area contributed by atoms with Crippen molar-refractivity contribution in [2.45, 2.75) is 31.4 Å². The molecule has 0 spiro atoms. The van der Waals surface area contributed by atoms with E-state index in [1.165, 1.54) is 0 Å². The van der Waals surface area contributed by atoms with Gasteiger partial charge in [-0.15, -0.1) is 0 Å². The number of likely N-dealkylation sites (N-methyl/N-ethyl adjacent to an activating group) is 1. The highest BCUT2D eigenvalue weighted by Gasteiger charge is 2.50. The van der Waals surface area contributed by atoms with Gasteiger partial charge in [0, 0.05) is 29.1 Å². The van der Waals surface area contributed by atoms with E-state index in [0.717, 1.165) is 42.4 Å². The molecule has 0 radical (unpaired) electrons. The molecule has 0 bridgehead atoms. The normalized spacial score (nSPS) is 26.6. The summed E-state index contributed by atoms with van der Waals surface area (Å²) in [6.07, 6.45) is 2.89. The fraction of sp³-hybridized carbons (Fsp3) is 0.556. The molecule has 3 heterocycles. The molecule has 2 aliphatic rings. The number of hydrogen-bond donors (Lipinski definition) is 2. The third-order valence-corrected chi connectivity index (χ3v) is 6.18. The molecule has 1 amide bonds. The first-order chi connectivity index (χ1) is 12.0. The van der Waals surface area contributed by atoms with E-state index >= 15 is 0 Å². The molecule has 1 unspecified atom stereocenters. The Morgan fingerprint density at radius 3 is 2.84 bits per heavy atom. The van der Waals surface area contributed by atoms with Crippen molar-refractivity contribution >= 4 is 28.4 Å². The first kappa shape index (κ1) is 16.8. The Labute approximate surface area is 151 Å². The van der Waals surface area contributed by atoms with Crippen LogP contribution in [-0.2, 0) is 10.3 Å². The van der Waals surface area contributed by atoms with Crippen LogP contribution in [0, 0.1) is 5.92 Å². The van der Waals surface area contributed by atoms with Gasteiger partial charge in [-0.1, -0.05) is 11.6 Å². The largest absolute Gasteiger partial charge is 0.386 e. The van der Waals surface area contributed by atoms with Gasteiger partial charge in [-0.2, -0.15) is 5.10 Å². The van der Waals surface area contributed by atoms with E-state index < -0.39 is 11.6 Å². The van der Waals surface area contributed by atoms with E-state index in [9.17, 15) is 9.90 Å². The van der Waals surface area contributed by atoms with Crippen LogP contribution in [0.2, 0.25) is 5.02 Å². The minimum atomic E-state index is -0.637. The van der Waals surface area contributed by atoms with Crippen LogP contribution in [-0.4, -0.2) is 52.4 Å². The topological polar surface area (TPSA) is 70.4 Å². The van der Waals surface area contributed by atoms with Crippen LogP contribution in [0.5, 0.6) is 0 Å². The molecule has 6 nitrogen and oxygen atoms in total. The van der Waals surface area contributed by atoms with Crippen molar-refractivity contribution in [1.29, 1.82) is 0 Å². The SMILES string of the molecule is CNCC(=O)N1CCC(C2(C)[C@H](O)c3cc(Cl)cc4cnn2c34)CC1. The third kappa shape index (κ3) is 2.39. The summed E-state index contributed by atoms with van der Waals surface area (Å²) >= 11 is 6.21. The Bertz CT molecular complexity index is 828. The molecule has 1 aromatic heterocycles. The molecule has 2 aliphatic heterocycles. The number of piperidine rings is 1. The molecule has 25 heavy (non-hydrogen) atoms. The van der Waals surface area contributed by atoms with E-state index in [1.807, 2.05) is 27.9 Å². The number of aromatic nitrogens is 2. The summed E-state index contributed by atoms with van der Waals surface area (Å²) < 4.78 is 1.98. The van der Waals surface area contributed by atoms with Gasteiger partial charge in [-0.25, -0.2) is 0 Å². The second-order valence-electron chi connectivity index (χ2n) is 7.30. The van der Waals surface area contributed by atoms with Gasteiger partial charge in [0.15, 0.2) is 0 Å². The average Bonchev–Trinajstić information content (AvgIpc) is 3.12. The number of benzene rings is 1. The van der Waals surface area contributed by atoms with Gasteiger partial charge < -0.3 is 15.3 Å². The molecular formula is C18H23ClN4O2. The van der Waals surface area contributed by atoms with Crippen LogP contribution in [0.4, 0.5) is 0 Å². The lowest BCUT2D eigenvalue weighted by atomic mass is 9.75. The molecule has 2 N–H and O–H groups in total. The highest BCUT2D eigenvalue weighted by molar-refractivity contribution is 6.31. The number of aliphatic hydroxyl groups is 1. The van der Waals surface area contributed by atoms with E-state index in [1.54, 1.807) is 7.05 Å². The standard InChI is InChI=1S/C18H23ClN4O2/c1-18(12-3-5-22(6-4-12)15(24)10-20-2)17(25)14-8-13(19)7-11-9-21-23(18)16(11)14/h7-9,12,17,20,25H,3-6,10H2,1-2H3/t17-,18?/m1/s1. The average molecular weight is 363 g/mol. The molecule has 1 fully saturated rings. The highest BCUT2D eigenvalue weighted by Crippen LogP contribution is 2.51. The maximum Gasteiger partial charge on any atom is 0.236 e. The summed E-state index contributed by atoms with van der Waals surface area (Å²) in [5.41, 5.74) is 1.33. The molecule has 2 atom stereocenters. The predicted octanol–water partition coefficient (Wildman–Crippen LogP) is 1.91. The maximum atomic E-state index is 12.1. The van der Waals surface area contributed by atoms with Crippen molar-refractivity contribution in [3.63, 3.8) is 0 Å². The summed E-state index contributed by atoms with van der Waals surface area (Å²) in [5, 5.41) is 20.2. The molecular weight excluding hydrogens is 340 g/mol. The number of amides is 1. The second-order valence-corrected chi connectivity index (χ2v) is 7.74. The number of halogens is 1. The van der Waals surface area contributed by atoms with E-state index in [2.05, 4.69) is 17.3 Å². The van der Waals surface area contributed by atoms with Crippen molar-refractivity contribution in [1.82, 2.24) is 20.0 Å². The van der Waals surface area contributed by atoms with Gasteiger partial charge >= 0.3 is 0 Å². The van der Waals surface area contributed by atoms with Gasteiger partial charge in [-0.05, 0) is 44.9 Å². The first-order valence-corrected chi connectivity index (χ1v) is 9.12. The lowest BCUT2D eigenvalue weighted by molar-refractivity contribution is -0.132. The number of carbonyl (C=O) groups excluding carboxylic acids is 1. The second kappa shape index (κ2) is 5.97. The summed E-state index contributed by atoms with van der Waals surface area (Å²) in [7, 11) is 1.78. The van der Waals surface area contributed by atoms with Gasteiger partial charge in [-0.3, -0.25) is 9.48 Å². The van der Waals surface area contributed by atoms with Crippen LogP contribution in [0.1, 0.15) is 31.4 Å². The minimum Gasteiger partial charge on any atom is -0.386 e. The Morgan fingerprint density at radius 2 is 2.16 bits per heavy atom. The minimum absolute atomic E-state index is 0.134. The molecule has 0 aliphatic carbocycles. The molecule has 7 heteroatoms. The molecule has 4 rings (SSSR count). The predicted molar refractivity (Wildman–Crippen MR) is 96.6 cm³/mol. The number of hydrogen-bond acceptors (Lipinski definition) is 4. The van der Waals surface area contributed by atoms with Crippen LogP contribution in [0.25, 0.3) is 10.9 Å². The van der Waals surface area contributed by atoms with Gasteiger partial charge in [0.2, 0.25) is 5.91 Å². The Hall–Kier alpha value is -1.63. The lowest BCUT2D eigenvalue weighted by Crippen LogP contribution is -2.49. The zero-order valence-electron chi connectivity index (χ0n) is 14.5. The fourth-order valence-electron chi connectivity index (χ4n) is 4.54. The zero-order valence-corrected chi connectivity index (χ0v) is 15.3. The van der Waals surface area contributed by atoms with Crippen molar-refractivity contribution < 1.29 is 9.90 Å². The lowest BCUT2D eigenvalue weighted by Gasteiger charge is -2.42. The van der Waals surface area contributed by atoms with E-state index in [4.69, 9.17) is 11.6 Å². The number of likely N-dealkylation sites (tertiary alicyclic amines) is 1. The van der Waals surface area contributed by atoms with Crippen molar-refractivity contribution in [3.05, 3.63) is 28.9 Å². The third-order valence-electron chi connectivity index (χ3n) is 5.96. The van der Waals surface area contributed by atoms with E-state index in [0.29, 0.717) is 11.6 Å². The van der Waals surface area contributed by atoms with Gasteiger partial charge in [0.05, 0.1) is 23.8 Å². The smallest absolute Gasteiger partial charge is 0.236 e. The van der Waals surface area contributed by atoms with Crippen molar-refractivity contribution in [2.75, 3.05) is 26.7 Å². The van der Waals surface area contributed by atoms with Crippen LogP contribution in [0.3, 0.4) is 0 Å². The maximum absolute atomic E-state index is 12.1.